The first-order valence-corrected chi connectivity index (χ1v) is 5.65. The Balaban J connectivity index is 2.39. The van der Waals surface area contributed by atoms with Gasteiger partial charge in [0.1, 0.15) is 6.33 Å². The summed E-state index contributed by atoms with van der Waals surface area (Å²) < 4.78 is 5.06. The molecule has 4 nitrogen and oxygen atoms in total. The highest BCUT2D eigenvalue weighted by Crippen LogP contribution is 2.27. The molecule has 0 unspecified atom stereocenters. The van der Waals surface area contributed by atoms with Gasteiger partial charge in [-0.3, -0.25) is 0 Å². The van der Waals surface area contributed by atoms with Crippen LogP contribution in [0.5, 0.6) is 0 Å². The molecule has 0 saturated heterocycles. The van der Waals surface area contributed by atoms with E-state index in [-0.39, 0.29) is 5.97 Å². The Labute approximate surface area is 100 Å². The zero-order chi connectivity index (χ0) is 12.1. The van der Waals surface area contributed by atoms with Crippen molar-refractivity contribution in [2.24, 2.45) is 0 Å². The van der Waals surface area contributed by atoms with Gasteiger partial charge in [0.05, 0.1) is 6.61 Å². The van der Waals surface area contributed by atoms with Crippen LogP contribution in [0, 0.1) is 0 Å². The van der Waals surface area contributed by atoms with Crippen LogP contribution in [0.25, 0.3) is 5.57 Å². The third-order valence-corrected chi connectivity index (χ3v) is 2.56. The molecule has 1 heterocycles. The molecule has 0 fully saturated rings. The Hall–Kier alpha value is -1.97. The van der Waals surface area contributed by atoms with Crippen LogP contribution in [0.15, 0.2) is 36.4 Å². The van der Waals surface area contributed by atoms with E-state index in [0.717, 1.165) is 17.6 Å². The van der Waals surface area contributed by atoms with Gasteiger partial charge in [0, 0.05) is 23.5 Å². The molecule has 0 radical (unpaired) electrons. The van der Waals surface area contributed by atoms with Crippen molar-refractivity contribution < 1.29 is 9.53 Å². The molecule has 1 aliphatic rings. The molecule has 0 spiro atoms. The van der Waals surface area contributed by atoms with Crippen LogP contribution >= 0.6 is 0 Å². The van der Waals surface area contributed by atoms with Crippen LogP contribution in [-0.2, 0) is 9.53 Å². The average molecular weight is 230 g/mol. The topological polar surface area (TPSA) is 52.1 Å². The number of carbonyl (C=O) groups is 1. The highest BCUT2D eigenvalue weighted by Gasteiger charge is 2.18. The number of esters is 1. The summed E-state index contributed by atoms with van der Waals surface area (Å²) in [5, 5.41) is 0. The molecule has 0 aromatic carbocycles. The average Bonchev–Trinajstić information content (AvgIpc) is 2.40. The van der Waals surface area contributed by atoms with E-state index >= 15 is 0 Å². The molecule has 1 aromatic rings. The van der Waals surface area contributed by atoms with Crippen molar-refractivity contribution in [1.29, 1.82) is 0 Å². The maximum atomic E-state index is 11.8. The summed E-state index contributed by atoms with van der Waals surface area (Å²) in [6, 6.07) is 0. The van der Waals surface area contributed by atoms with Gasteiger partial charge >= 0.3 is 5.97 Å². The number of allylic oxidation sites excluding steroid dienone is 3. The smallest absolute Gasteiger partial charge is 0.334 e. The fraction of sp³-hybridized carbons (Fsp3) is 0.308. The number of ether oxygens (including phenoxy) is 1. The number of rotatable bonds is 3. The third-order valence-electron chi connectivity index (χ3n) is 2.56. The minimum atomic E-state index is -0.240. The Bertz CT molecular complexity index is 464. The van der Waals surface area contributed by atoms with E-state index in [4.69, 9.17) is 4.74 Å². The van der Waals surface area contributed by atoms with Crippen LogP contribution in [0.4, 0.5) is 0 Å². The quantitative estimate of drug-likeness (QED) is 0.746. The summed E-state index contributed by atoms with van der Waals surface area (Å²) >= 11 is 0. The fourth-order valence-electron chi connectivity index (χ4n) is 1.80. The van der Waals surface area contributed by atoms with E-state index in [0.29, 0.717) is 18.6 Å². The van der Waals surface area contributed by atoms with Gasteiger partial charge in [-0.25, -0.2) is 14.8 Å². The van der Waals surface area contributed by atoms with Crippen molar-refractivity contribution in [3.63, 3.8) is 0 Å². The van der Waals surface area contributed by atoms with E-state index in [1.54, 1.807) is 12.4 Å². The second-order valence-electron chi connectivity index (χ2n) is 3.68. The summed E-state index contributed by atoms with van der Waals surface area (Å²) in [6.45, 7) is 2.20. The van der Waals surface area contributed by atoms with Gasteiger partial charge in [-0.2, -0.15) is 0 Å². The number of hydrogen-bond acceptors (Lipinski definition) is 4. The molecular weight excluding hydrogens is 216 g/mol. The maximum absolute atomic E-state index is 11.8. The molecule has 0 atom stereocenters. The van der Waals surface area contributed by atoms with Crippen molar-refractivity contribution in [3.05, 3.63) is 42.0 Å². The number of hydrogen-bond donors (Lipinski definition) is 0. The second kappa shape index (κ2) is 5.39. The predicted molar refractivity (Wildman–Crippen MR) is 64.0 cm³/mol. The fourth-order valence-corrected chi connectivity index (χ4v) is 1.80. The van der Waals surface area contributed by atoms with Gasteiger partial charge < -0.3 is 4.74 Å². The molecule has 2 rings (SSSR count). The van der Waals surface area contributed by atoms with E-state index in [1.165, 1.54) is 6.33 Å². The first-order chi connectivity index (χ1) is 8.33. The summed E-state index contributed by atoms with van der Waals surface area (Å²) in [7, 11) is 0. The lowest BCUT2D eigenvalue weighted by Crippen LogP contribution is -2.11. The maximum Gasteiger partial charge on any atom is 0.334 e. The van der Waals surface area contributed by atoms with Gasteiger partial charge in [-0.05, 0) is 25.3 Å². The Morgan fingerprint density at radius 3 is 2.88 bits per heavy atom. The van der Waals surface area contributed by atoms with Crippen molar-refractivity contribution in [3.8, 4) is 0 Å². The monoisotopic (exact) mass is 230 g/mol. The molecule has 17 heavy (non-hydrogen) atoms. The SMILES string of the molecule is CCOC(=O)C1=C(c2cncnc2)C=CCC1. The van der Waals surface area contributed by atoms with Crippen molar-refractivity contribution in [1.82, 2.24) is 9.97 Å². The summed E-state index contributed by atoms with van der Waals surface area (Å²) in [6.07, 6.45) is 10.4. The first-order valence-electron chi connectivity index (χ1n) is 5.65. The molecule has 1 aromatic heterocycles. The first kappa shape index (κ1) is 11.5. The highest BCUT2D eigenvalue weighted by molar-refractivity contribution is 6.00. The van der Waals surface area contributed by atoms with E-state index in [9.17, 15) is 4.79 Å². The Morgan fingerprint density at radius 1 is 1.41 bits per heavy atom. The van der Waals surface area contributed by atoms with E-state index < -0.39 is 0 Å². The minimum absolute atomic E-state index is 0.240. The Kier molecular flexibility index (Phi) is 3.65. The highest BCUT2D eigenvalue weighted by atomic mass is 16.5. The zero-order valence-electron chi connectivity index (χ0n) is 9.72. The number of nitrogens with zero attached hydrogens (tertiary/aromatic N) is 2. The van der Waals surface area contributed by atoms with Crippen LogP contribution in [0.1, 0.15) is 25.3 Å². The lowest BCUT2D eigenvalue weighted by Gasteiger charge is -2.14. The van der Waals surface area contributed by atoms with Gasteiger partial charge in [0.25, 0.3) is 0 Å². The van der Waals surface area contributed by atoms with Crippen LogP contribution < -0.4 is 0 Å². The standard InChI is InChI=1S/C13H14N2O2/c1-2-17-13(16)12-6-4-3-5-11(12)10-7-14-9-15-8-10/h3,5,7-9H,2,4,6H2,1H3. The molecule has 4 heteroatoms. The van der Waals surface area contributed by atoms with Gasteiger partial charge in [-0.1, -0.05) is 12.2 Å². The molecular formula is C13H14N2O2. The van der Waals surface area contributed by atoms with Gasteiger partial charge in [-0.15, -0.1) is 0 Å². The minimum Gasteiger partial charge on any atom is -0.463 e. The zero-order valence-corrected chi connectivity index (χ0v) is 9.72. The molecule has 0 N–H and O–H groups in total. The largest absolute Gasteiger partial charge is 0.463 e. The number of aromatic nitrogens is 2. The lowest BCUT2D eigenvalue weighted by atomic mass is 9.94. The Morgan fingerprint density at radius 2 is 2.18 bits per heavy atom. The summed E-state index contributed by atoms with van der Waals surface area (Å²) in [5.74, 6) is -0.240. The molecule has 88 valence electrons. The van der Waals surface area contributed by atoms with Crippen molar-refractivity contribution in [2.45, 2.75) is 19.8 Å². The molecule has 1 aliphatic carbocycles. The van der Waals surface area contributed by atoms with E-state index in [2.05, 4.69) is 9.97 Å². The lowest BCUT2D eigenvalue weighted by molar-refractivity contribution is -0.138. The normalized spacial score (nSPS) is 14.9. The predicted octanol–water partition coefficient (Wildman–Crippen LogP) is 2.14. The molecule has 0 bridgehead atoms. The second-order valence-corrected chi connectivity index (χ2v) is 3.68. The molecule has 0 aliphatic heterocycles. The molecule has 0 amide bonds. The van der Waals surface area contributed by atoms with Crippen LogP contribution in [0.3, 0.4) is 0 Å². The van der Waals surface area contributed by atoms with Gasteiger partial charge in [0.2, 0.25) is 0 Å². The molecule has 0 saturated carbocycles. The van der Waals surface area contributed by atoms with E-state index in [1.807, 2.05) is 19.1 Å². The van der Waals surface area contributed by atoms with Gasteiger partial charge in [0.15, 0.2) is 0 Å². The third kappa shape index (κ3) is 2.58. The number of carbonyl (C=O) groups excluding carboxylic acids is 1. The van der Waals surface area contributed by atoms with Crippen molar-refractivity contribution >= 4 is 11.5 Å². The van der Waals surface area contributed by atoms with Crippen LogP contribution in [-0.4, -0.2) is 22.5 Å². The summed E-state index contributed by atoms with van der Waals surface area (Å²) in [4.78, 5) is 19.8. The summed E-state index contributed by atoms with van der Waals surface area (Å²) in [5.41, 5.74) is 2.44. The van der Waals surface area contributed by atoms with Crippen LogP contribution in [0.2, 0.25) is 0 Å². The van der Waals surface area contributed by atoms with Crippen molar-refractivity contribution in [2.75, 3.05) is 6.61 Å².